The molecule has 0 saturated heterocycles. The molecule has 0 aliphatic carbocycles. The zero-order valence-electron chi connectivity index (χ0n) is 11.8. The highest BCUT2D eigenvalue weighted by Gasteiger charge is 2.12. The molecule has 0 aromatic heterocycles. The highest BCUT2D eigenvalue weighted by atomic mass is 16.5. The van der Waals surface area contributed by atoms with Gasteiger partial charge in [0.15, 0.2) is 0 Å². The van der Waals surface area contributed by atoms with E-state index < -0.39 is 0 Å². The molecule has 0 aliphatic rings. The van der Waals surface area contributed by atoms with Crippen molar-refractivity contribution in [2.45, 2.75) is 13.3 Å². The smallest absolute Gasteiger partial charge is 0.340 e. The number of nitrogens with two attached hydrogens (primary N) is 1. The van der Waals surface area contributed by atoms with Crippen LogP contribution in [0.4, 0.5) is 11.4 Å². The van der Waals surface area contributed by atoms with Crippen LogP contribution in [-0.4, -0.2) is 39.9 Å². The molecule has 0 fully saturated rings. The quantitative estimate of drug-likeness (QED) is 0.464. The summed E-state index contributed by atoms with van der Waals surface area (Å²) in [5.41, 5.74) is 7.59. The van der Waals surface area contributed by atoms with Crippen molar-refractivity contribution < 1.29 is 14.3 Å². The molecule has 0 spiro atoms. The minimum Gasteiger partial charge on any atom is -0.462 e. The molecular formula is C14H22N2O3. The zero-order valence-corrected chi connectivity index (χ0v) is 11.8. The SMILES string of the molecule is CCOC(=O)c1cc(N(C)CCCOC)ccc1N. The summed E-state index contributed by atoms with van der Waals surface area (Å²) in [6.45, 7) is 3.67. The molecule has 0 radical (unpaired) electrons. The van der Waals surface area contributed by atoms with Crippen LogP contribution >= 0.6 is 0 Å². The minimum absolute atomic E-state index is 0.339. The highest BCUT2D eigenvalue weighted by molar-refractivity contribution is 5.96. The molecule has 1 aromatic rings. The Balaban J connectivity index is 2.80. The van der Waals surface area contributed by atoms with E-state index in [1.165, 1.54) is 0 Å². The van der Waals surface area contributed by atoms with Crippen molar-refractivity contribution in [3.63, 3.8) is 0 Å². The number of nitrogens with zero attached hydrogens (tertiary/aromatic N) is 1. The number of hydrogen-bond acceptors (Lipinski definition) is 5. The predicted octanol–water partition coefficient (Wildman–Crippen LogP) is 1.92. The Kier molecular flexibility index (Phi) is 6.15. The third kappa shape index (κ3) is 4.44. The number of nitrogen functional groups attached to an aromatic ring is 1. The van der Waals surface area contributed by atoms with Gasteiger partial charge < -0.3 is 20.1 Å². The molecule has 19 heavy (non-hydrogen) atoms. The van der Waals surface area contributed by atoms with Crippen LogP contribution in [0.3, 0.4) is 0 Å². The van der Waals surface area contributed by atoms with Gasteiger partial charge in [-0.15, -0.1) is 0 Å². The number of rotatable bonds is 7. The van der Waals surface area contributed by atoms with E-state index in [1.807, 2.05) is 13.1 Å². The van der Waals surface area contributed by atoms with Gasteiger partial charge in [0.1, 0.15) is 0 Å². The summed E-state index contributed by atoms with van der Waals surface area (Å²) in [5, 5.41) is 0. The number of carbonyl (C=O) groups excluding carboxylic acids is 1. The molecule has 0 bridgehead atoms. The third-order valence-corrected chi connectivity index (χ3v) is 2.81. The minimum atomic E-state index is -0.382. The average Bonchev–Trinajstić information content (AvgIpc) is 2.39. The van der Waals surface area contributed by atoms with Crippen LogP contribution in [0.1, 0.15) is 23.7 Å². The number of anilines is 2. The van der Waals surface area contributed by atoms with Crippen LogP contribution in [0.15, 0.2) is 18.2 Å². The lowest BCUT2D eigenvalue weighted by atomic mass is 10.1. The van der Waals surface area contributed by atoms with Crippen molar-refractivity contribution in [3.8, 4) is 0 Å². The van der Waals surface area contributed by atoms with Crippen molar-refractivity contribution >= 4 is 17.3 Å². The molecule has 0 saturated carbocycles. The van der Waals surface area contributed by atoms with E-state index in [9.17, 15) is 4.79 Å². The van der Waals surface area contributed by atoms with Crippen LogP contribution in [0.5, 0.6) is 0 Å². The first-order chi connectivity index (χ1) is 9.10. The van der Waals surface area contributed by atoms with E-state index in [0.717, 1.165) is 18.7 Å². The molecule has 1 aromatic carbocycles. The summed E-state index contributed by atoms with van der Waals surface area (Å²) in [6.07, 6.45) is 0.923. The Hall–Kier alpha value is -1.75. The summed E-state index contributed by atoms with van der Waals surface area (Å²) >= 11 is 0. The summed E-state index contributed by atoms with van der Waals surface area (Å²) in [4.78, 5) is 13.8. The van der Waals surface area contributed by atoms with E-state index in [-0.39, 0.29) is 5.97 Å². The molecular weight excluding hydrogens is 244 g/mol. The van der Waals surface area contributed by atoms with Gasteiger partial charge in [-0.2, -0.15) is 0 Å². The predicted molar refractivity (Wildman–Crippen MR) is 76.6 cm³/mol. The van der Waals surface area contributed by atoms with Crippen molar-refractivity contribution in [1.82, 2.24) is 0 Å². The Morgan fingerprint density at radius 2 is 2.16 bits per heavy atom. The Labute approximate surface area is 114 Å². The Morgan fingerprint density at radius 3 is 2.79 bits per heavy atom. The van der Waals surface area contributed by atoms with Crippen molar-refractivity contribution in [3.05, 3.63) is 23.8 Å². The first-order valence-electron chi connectivity index (χ1n) is 6.36. The lowest BCUT2D eigenvalue weighted by Crippen LogP contribution is -2.20. The van der Waals surface area contributed by atoms with Crippen LogP contribution in [0.25, 0.3) is 0 Å². The zero-order chi connectivity index (χ0) is 14.3. The van der Waals surface area contributed by atoms with E-state index in [2.05, 4.69) is 4.90 Å². The van der Waals surface area contributed by atoms with E-state index in [0.29, 0.717) is 24.5 Å². The fourth-order valence-corrected chi connectivity index (χ4v) is 1.74. The summed E-state index contributed by atoms with van der Waals surface area (Å²) in [7, 11) is 3.65. The number of benzene rings is 1. The van der Waals surface area contributed by atoms with Crippen molar-refractivity contribution in [2.75, 3.05) is 44.5 Å². The maximum absolute atomic E-state index is 11.8. The van der Waals surface area contributed by atoms with Crippen LogP contribution in [0.2, 0.25) is 0 Å². The lowest BCUT2D eigenvalue weighted by Gasteiger charge is -2.20. The fourth-order valence-electron chi connectivity index (χ4n) is 1.74. The van der Waals surface area contributed by atoms with Gasteiger partial charge in [0.2, 0.25) is 0 Å². The molecule has 0 aliphatic heterocycles. The van der Waals surface area contributed by atoms with Gasteiger partial charge in [-0.25, -0.2) is 4.79 Å². The molecule has 5 heteroatoms. The number of carbonyl (C=O) groups is 1. The molecule has 0 heterocycles. The third-order valence-electron chi connectivity index (χ3n) is 2.81. The lowest BCUT2D eigenvalue weighted by molar-refractivity contribution is 0.0527. The topological polar surface area (TPSA) is 64.8 Å². The van der Waals surface area contributed by atoms with E-state index in [1.54, 1.807) is 26.2 Å². The Bertz CT molecular complexity index is 421. The van der Waals surface area contributed by atoms with Crippen molar-refractivity contribution in [1.29, 1.82) is 0 Å². The molecule has 1 rings (SSSR count). The molecule has 106 valence electrons. The highest BCUT2D eigenvalue weighted by Crippen LogP contribution is 2.21. The maximum atomic E-state index is 11.8. The van der Waals surface area contributed by atoms with E-state index in [4.69, 9.17) is 15.2 Å². The first-order valence-corrected chi connectivity index (χ1v) is 6.36. The first kappa shape index (κ1) is 15.3. The van der Waals surface area contributed by atoms with Gasteiger partial charge in [-0.3, -0.25) is 0 Å². The summed E-state index contributed by atoms with van der Waals surface area (Å²) in [5.74, 6) is -0.382. The average molecular weight is 266 g/mol. The fraction of sp³-hybridized carbons (Fsp3) is 0.500. The van der Waals surface area contributed by atoms with E-state index >= 15 is 0 Å². The standard InChI is InChI=1S/C14H22N2O3/c1-4-19-14(17)12-10-11(6-7-13(12)15)16(2)8-5-9-18-3/h6-7,10H,4-5,8-9,15H2,1-3H3. The Morgan fingerprint density at radius 1 is 1.42 bits per heavy atom. The summed E-state index contributed by atoms with van der Waals surface area (Å²) in [6, 6.07) is 5.39. The van der Waals surface area contributed by atoms with Crippen LogP contribution in [-0.2, 0) is 9.47 Å². The second-order valence-corrected chi connectivity index (χ2v) is 4.26. The molecule has 0 unspecified atom stereocenters. The van der Waals surface area contributed by atoms with Crippen molar-refractivity contribution in [2.24, 2.45) is 0 Å². The van der Waals surface area contributed by atoms with Crippen LogP contribution in [0, 0.1) is 0 Å². The monoisotopic (exact) mass is 266 g/mol. The van der Waals surface area contributed by atoms with Gasteiger partial charge in [-0.1, -0.05) is 0 Å². The summed E-state index contributed by atoms with van der Waals surface area (Å²) < 4.78 is 10.0. The maximum Gasteiger partial charge on any atom is 0.340 e. The van der Waals surface area contributed by atoms with Gasteiger partial charge >= 0.3 is 5.97 Å². The molecule has 0 amide bonds. The normalized spacial score (nSPS) is 10.3. The van der Waals surface area contributed by atoms with Gasteiger partial charge in [-0.05, 0) is 31.5 Å². The van der Waals surface area contributed by atoms with Gasteiger partial charge in [0, 0.05) is 38.7 Å². The largest absolute Gasteiger partial charge is 0.462 e. The molecule has 2 N–H and O–H groups in total. The van der Waals surface area contributed by atoms with Gasteiger partial charge in [0.25, 0.3) is 0 Å². The van der Waals surface area contributed by atoms with Crippen LogP contribution < -0.4 is 10.6 Å². The van der Waals surface area contributed by atoms with Gasteiger partial charge in [0.05, 0.1) is 12.2 Å². The second-order valence-electron chi connectivity index (χ2n) is 4.26. The molecule has 5 nitrogen and oxygen atoms in total. The number of methoxy groups -OCH3 is 1. The molecule has 0 atom stereocenters. The second kappa shape index (κ2) is 7.63. The number of esters is 1. The number of ether oxygens (including phenoxy) is 2. The number of hydrogen-bond donors (Lipinski definition) is 1.